The van der Waals surface area contributed by atoms with Gasteiger partial charge in [0.1, 0.15) is 23.3 Å². The van der Waals surface area contributed by atoms with Crippen molar-refractivity contribution < 1.29 is 19.0 Å². The summed E-state index contributed by atoms with van der Waals surface area (Å²) in [7, 11) is 1.60. The van der Waals surface area contributed by atoms with Crippen molar-refractivity contribution in [1.82, 2.24) is 5.32 Å². The van der Waals surface area contributed by atoms with Gasteiger partial charge in [-0.05, 0) is 29.3 Å². The first kappa shape index (κ1) is 16.9. The van der Waals surface area contributed by atoms with Crippen molar-refractivity contribution in [3.8, 4) is 5.75 Å². The van der Waals surface area contributed by atoms with Gasteiger partial charge < -0.3 is 19.9 Å². The van der Waals surface area contributed by atoms with Crippen LogP contribution in [0.5, 0.6) is 5.75 Å². The van der Waals surface area contributed by atoms with E-state index in [9.17, 15) is 9.50 Å². The van der Waals surface area contributed by atoms with E-state index in [2.05, 4.69) is 5.32 Å². The summed E-state index contributed by atoms with van der Waals surface area (Å²) in [6.07, 6.45) is -0.203. The van der Waals surface area contributed by atoms with Crippen LogP contribution in [0, 0.1) is 5.82 Å². The fraction of sp³-hybridized carbons (Fsp3) is 0.368. The number of ether oxygens (including phenoxy) is 2. The number of halogens is 1. The molecule has 3 rings (SSSR count). The summed E-state index contributed by atoms with van der Waals surface area (Å²) in [5.74, 6) is 0.311. The van der Waals surface area contributed by atoms with Gasteiger partial charge >= 0.3 is 0 Å². The van der Waals surface area contributed by atoms with E-state index in [-0.39, 0.29) is 12.2 Å². The Bertz CT molecular complexity index is 688. The SMILES string of the molecule is COc1ccccc1C[C@](O)(c1cccc(F)c1)[C@H]1CNCCO1. The maximum atomic E-state index is 13.8. The molecule has 24 heavy (non-hydrogen) atoms. The average Bonchev–Trinajstić information content (AvgIpc) is 2.63. The molecule has 5 heteroatoms. The molecule has 1 saturated heterocycles. The number of rotatable bonds is 5. The first-order valence-electron chi connectivity index (χ1n) is 8.06. The zero-order valence-corrected chi connectivity index (χ0v) is 13.7. The molecular weight excluding hydrogens is 309 g/mol. The van der Waals surface area contributed by atoms with Crippen LogP contribution in [0.3, 0.4) is 0 Å². The summed E-state index contributed by atoms with van der Waals surface area (Å²) in [4.78, 5) is 0. The summed E-state index contributed by atoms with van der Waals surface area (Å²) in [6.45, 7) is 1.75. The van der Waals surface area contributed by atoms with E-state index < -0.39 is 11.7 Å². The number of para-hydroxylation sites is 1. The molecule has 0 aromatic heterocycles. The van der Waals surface area contributed by atoms with Gasteiger partial charge in [0.2, 0.25) is 0 Å². The van der Waals surface area contributed by atoms with Crippen molar-refractivity contribution in [2.24, 2.45) is 0 Å². The number of methoxy groups -OCH3 is 1. The molecule has 128 valence electrons. The van der Waals surface area contributed by atoms with Crippen molar-refractivity contribution in [2.45, 2.75) is 18.1 Å². The Hall–Kier alpha value is -1.95. The van der Waals surface area contributed by atoms with E-state index in [1.54, 1.807) is 19.2 Å². The van der Waals surface area contributed by atoms with Crippen LogP contribution in [0.2, 0.25) is 0 Å². The van der Waals surface area contributed by atoms with Crippen molar-refractivity contribution >= 4 is 0 Å². The maximum Gasteiger partial charge on any atom is 0.123 e. The molecule has 0 unspecified atom stereocenters. The molecule has 2 aromatic carbocycles. The minimum Gasteiger partial charge on any atom is -0.496 e. The molecule has 0 bridgehead atoms. The molecule has 2 N–H and O–H groups in total. The highest BCUT2D eigenvalue weighted by molar-refractivity contribution is 5.37. The van der Waals surface area contributed by atoms with E-state index in [0.29, 0.717) is 24.5 Å². The van der Waals surface area contributed by atoms with Crippen molar-refractivity contribution in [1.29, 1.82) is 0 Å². The average molecular weight is 331 g/mol. The maximum absolute atomic E-state index is 13.8. The number of benzene rings is 2. The fourth-order valence-corrected chi connectivity index (χ4v) is 3.17. The lowest BCUT2D eigenvalue weighted by Crippen LogP contribution is -2.52. The molecule has 0 aliphatic carbocycles. The van der Waals surface area contributed by atoms with Crippen LogP contribution in [0.1, 0.15) is 11.1 Å². The molecule has 0 spiro atoms. The van der Waals surface area contributed by atoms with E-state index in [1.807, 2.05) is 24.3 Å². The van der Waals surface area contributed by atoms with Crippen LogP contribution < -0.4 is 10.1 Å². The van der Waals surface area contributed by atoms with Gasteiger partial charge in [0.15, 0.2) is 0 Å². The lowest BCUT2D eigenvalue weighted by atomic mass is 9.81. The number of morpholine rings is 1. The van der Waals surface area contributed by atoms with Crippen LogP contribution in [0.15, 0.2) is 48.5 Å². The highest BCUT2D eigenvalue weighted by Crippen LogP contribution is 2.35. The van der Waals surface area contributed by atoms with E-state index in [1.165, 1.54) is 12.1 Å². The molecular formula is C19H22FNO3. The molecule has 2 aromatic rings. The Kier molecular flexibility index (Phi) is 5.14. The Morgan fingerprint density at radius 2 is 2.12 bits per heavy atom. The third kappa shape index (κ3) is 3.43. The number of aliphatic hydroxyl groups is 1. The van der Waals surface area contributed by atoms with Crippen LogP contribution in [-0.2, 0) is 16.8 Å². The van der Waals surface area contributed by atoms with Gasteiger partial charge in [0.25, 0.3) is 0 Å². The third-order valence-corrected chi connectivity index (χ3v) is 4.44. The van der Waals surface area contributed by atoms with Crippen LogP contribution >= 0.6 is 0 Å². The van der Waals surface area contributed by atoms with Crippen molar-refractivity contribution in [3.05, 3.63) is 65.5 Å². The monoisotopic (exact) mass is 331 g/mol. The lowest BCUT2D eigenvalue weighted by Gasteiger charge is -2.39. The summed E-state index contributed by atoms with van der Waals surface area (Å²) in [5.41, 5.74) is -0.00695. The Labute approximate surface area is 141 Å². The van der Waals surface area contributed by atoms with Gasteiger partial charge in [-0.3, -0.25) is 0 Å². The van der Waals surface area contributed by atoms with Gasteiger partial charge in [-0.25, -0.2) is 4.39 Å². The normalized spacial score (nSPS) is 20.4. The predicted molar refractivity (Wildman–Crippen MR) is 89.6 cm³/mol. The second-order valence-corrected chi connectivity index (χ2v) is 5.99. The second-order valence-electron chi connectivity index (χ2n) is 5.99. The molecule has 0 amide bonds. The lowest BCUT2D eigenvalue weighted by molar-refractivity contribution is -0.124. The smallest absolute Gasteiger partial charge is 0.123 e. The van der Waals surface area contributed by atoms with Crippen molar-refractivity contribution in [2.75, 3.05) is 26.8 Å². The predicted octanol–water partition coefficient (Wildman–Crippen LogP) is 2.25. The molecule has 0 radical (unpaired) electrons. The van der Waals surface area contributed by atoms with E-state index in [0.717, 1.165) is 12.1 Å². The quantitative estimate of drug-likeness (QED) is 0.882. The summed E-state index contributed by atoms with van der Waals surface area (Å²) in [6, 6.07) is 13.6. The zero-order chi connectivity index (χ0) is 17.0. The van der Waals surface area contributed by atoms with Crippen LogP contribution in [-0.4, -0.2) is 38.0 Å². The molecule has 1 aliphatic rings. The van der Waals surface area contributed by atoms with Gasteiger partial charge in [0, 0.05) is 19.5 Å². The molecule has 1 aliphatic heterocycles. The van der Waals surface area contributed by atoms with Gasteiger partial charge in [-0.15, -0.1) is 0 Å². The second kappa shape index (κ2) is 7.30. The molecule has 2 atom stereocenters. The van der Waals surface area contributed by atoms with Crippen molar-refractivity contribution in [3.63, 3.8) is 0 Å². The Balaban J connectivity index is 2.01. The number of nitrogens with one attached hydrogen (secondary N) is 1. The van der Waals surface area contributed by atoms with E-state index >= 15 is 0 Å². The minimum absolute atomic E-state index is 0.271. The Morgan fingerprint density at radius 3 is 2.83 bits per heavy atom. The number of hydrogen-bond acceptors (Lipinski definition) is 4. The van der Waals surface area contributed by atoms with Gasteiger partial charge in [0.05, 0.1) is 13.7 Å². The molecule has 1 fully saturated rings. The first-order valence-corrected chi connectivity index (χ1v) is 8.06. The molecule has 0 saturated carbocycles. The van der Waals surface area contributed by atoms with Crippen LogP contribution in [0.25, 0.3) is 0 Å². The summed E-state index contributed by atoms with van der Waals surface area (Å²) < 4.78 is 25.0. The van der Waals surface area contributed by atoms with Gasteiger partial charge in [-0.2, -0.15) is 0 Å². The summed E-state index contributed by atoms with van der Waals surface area (Å²) >= 11 is 0. The van der Waals surface area contributed by atoms with E-state index in [4.69, 9.17) is 9.47 Å². The molecule has 4 nitrogen and oxygen atoms in total. The summed E-state index contributed by atoms with van der Waals surface area (Å²) in [5, 5.41) is 14.7. The number of hydrogen-bond donors (Lipinski definition) is 2. The first-order chi connectivity index (χ1) is 11.6. The minimum atomic E-state index is -1.36. The largest absolute Gasteiger partial charge is 0.496 e. The standard InChI is InChI=1S/C19H22FNO3/c1-23-17-8-3-2-5-14(17)12-19(22,18-13-21-9-10-24-18)15-6-4-7-16(20)11-15/h2-8,11,18,21-22H,9-10,12-13H2,1H3/t18-,19+/m1/s1. The third-order valence-electron chi connectivity index (χ3n) is 4.44. The van der Waals surface area contributed by atoms with Gasteiger partial charge in [-0.1, -0.05) is 30.3 Å². The Morgan fingerprint density at radius 1 is 1.29 bits per heavy atom. The molecule has 1 heterocycles. The highest BCUT2D eigenvalue weighted by Gasteiger charge is 2.41. The zero-order valence-electron chi connectivity index (χ0n) is 13.7. The topological polar surface area (TPSA) is 50.7 Å². The highest BCUT2D eigenvalue weighted by atomic mass is 19.1. The fourth-order valence-electron chi connectivity index (χ4n) is 3.17. The van der Waals surface area contributed by atoms with Crippen LogP contribution in [0.4, 0.5) is 4.39 Å².